The van der Waals surface area contributed by atoms with Gasteiger partial charge in [0.1, 0.15) is 0 Å². The summed E-state index contributed by atoms with van der Waals surface area (Å²) in [5, 5.41) is 12.5. The molecular weight excluding hydrogens is 176 g/mol. The molecule has 0 radical (unpaired) electrons. The smallest absolute Gasteiger partial charge is 0.0584 e. The summed E-state index contributed by atoms with van der Waals surface area (Å²) in [5.41, 5.74) is 0. The van der Waals surface area contributed by atoms with Gasteiger partial charge in [-0.25, -0.2) is 0 Å². The van der Waals surface area contributed by atoms with Gasteiger partial charge < -0.3 is 15.3 Å². The highest BCUT2D eigenvalue weighted by Gasteiger charge is 2.31. The lowest BCUT2D eigenvalue weighted by molar-refractivity contribution is 0.162. The molecule has 2 aliphatic heterocycles. The van der Waals surface area contributed by atoms with Crippen LogP contribution < -0.4 is 5.32 Å². The molecule has 2 fully saturated rings. The van der Waals surface area contributed by atoms with Gasteiger partial charge in [-0.15, -0.1) is 0 Å². The van der Waals surface area contributed by atoms with Crippen molar-refractivity contribution in [2.75, 3.05) is 33.3 Å². The number of aliphatic hydroxyl groups excluding tert-OH is 1. The Hall–Kier alpha value is -0.120. The van der Waals surface area contributed by atoms with Crippen molar-refractivity contribution in [1.82, 2.24) is 10.2 Å². The number of hydrogen-bond donors (Lipinski definition) is 2. The molecule has 3 heteroatoms. The Morgan fingerprint density at radius 1 is 1.43 bits per heavy atom. The first kappa shape index (κ1) is 10.4. The van der Waals surface area contributed by atoms with E-state index in [2.05, 4.69) is 17.3 Å². The minimum Gasteiger partial charge on any atom is -0.395 e. The molecule has 2 rings (SSSR count). The van der Waals surface area contributed by atoms with Crippen molar-refractivity contribution in [3.63, 3.8) is 0 Å². The molecule has 2 N–H and O–H groups in total. The lowest BCUT2D eigenvalue weighted by Crippen LogP contribution is -2.36. The van der Waals surface area contributed by atoms with E-state index in [-0.39, 0.29) is 0 Å². The summed E-state index contributed by atoms with van der Waals surface area (Å²) in [6.45, 7) is 3.94. The van der Waals surface area contributed by atoms with E-state index in [9.17, 15) is 0 Å². The van der Waals surface area contributed by atoms with Gasteiger partial charge in [-0.05, 0) is 51.2 Å². The van der Waals surface area contributed by atoms with Crippen molar-refractivity contribution in [1.29, 1.82) is 0 Å². The van der Waals surface area contributed by atoms with Crippen molar-refractivity contribution < 1.29 is 5.11 Å². The minimum absolute atomic E-state index is 0.305. The highest BCUT2D eigenvalue weighted by atomic mass is 16.3. The molecule has 0 aromatic heterocycles. The Balaban J connectivity index is 1.83. The van der Waals surface area contributed by atoms with Crippen LogP contribution in [0.2, 0.25) is 0 Å². The molecule has 0 aromatic carbocycles. The summed E-state index contributed by atoms with van der Waals surface area (Å²) in [4.78, 5) is 2.44. The van der Waals surface area contributed by atoms with E-state index >= 15 is 0 Å². The predicted molar refractivity (Wildman–Crippen MR) is 57.2 cm³/mol. The zero-order valence-electron chi connectivity index (χ0n) is 9.08. The largest absolute Gasteiger partial charge is 0.395 e. The zero-order valence-corrected chi connectivity index (χ0v) is 9.08. The van der Waals surface area contributed by atoms with Gasteiger partial charge in [0.2, 0.25) is 0 Å². The zero-order chi connectivity index (χ0) is 9.97. The van der Waals surface area contributed by atoms with E-state index in [4.69, 9.17) is 5.11 Å². The third-order valence-electron chi connectivity index (χ3n) is 3.80. The summed E-state index contributed by atoms with van der Waals surface area (Å²) in [5.74, 6) is 1.66. The minimum atomic E-state index is 0.305. The van der Waals surface area contributed by atoms with E-state index in [1.807, 2.05) is 0 Å². The van der Waals surface area contributed by atoms with Gasteiger partial charge in [-0.2, -0.15) is 0 Å². The standard InChI is InChI=1S/C11H22N2O/c1-13-4-2-3-9(7-13)10-5-11(8-14)12-6-10/h9-12,14H,2-8H2,1H3. The van der Waals surface area contributed by atoms with Crippen LogP contribution in [0.25, 0.3) is 0 Å². The fraction of sp³-hybridized carbons (Fsp3) is 1.00. The van der Waals surface area contributed by atoms with Gasteiger partial charge in [-0.1, -0.05) is 0 Å². The van der Waals surface area contributed by atoms with Gasteiger partial charge in [-0.3, -0.25) is 0 Å². The molecule has 0 amide bonds. The Labute approximate surface area is 86.5 Å². The van der Waals surface area contributed by atoms with E-state index < -0.39 is 0 Å². The quantitative estimate of drug-likeness (QED) is 0.670. The lowest BCUT2D eigenvalue weighted by atomic mass is 9.84. The van der Waals surface area contributed by atoms with Crippen molar-refractivity contribution in [2.45, 2.75) is 25.3 Å². The number of likely N-dealkylation sites (tertiary alicyclic amines) is 1. The fourth-order valence-electron chi connectivity index (χ4n) is 2.94. The third kappa shape index (κ3) is 2.27. The molecule has 82 valence electrons. The molecule has 3 unspecified atom stereocenters. The van der Waals surface area contributed by atoms with Crippen LogP contribution in [0.3, 0.4) is 0 Å². The van der Waals surface area contributed by atoms with Crippen LogP contribution in [0.4, 0.5) is 0 Å². The average molecular weight is 198 g/mol. The predicted octanol–water partition coefficient (Wildman–Crippen LogP) is 0.299. The van der Waals surface area contributed by atoms with Crippen LogP contribution in [0.1, 0.15) is 19.3 Å². The van der Waals surface area contributed by atoms with Crippen LogP contribution >= 0.6 is 0 Å². The van der Waals surface area contributed by atoms with Gasteiger partial charge in [0.25, 0.3) is 0 Å². The molecule has 0 spiro atoms. The summed E-state index contributed by atoms with van der Waals surface area (Å²) in [6.07, 6.45) is 3.91. The SMILES string of the molecule is CN1CCCC(C2CNC(CO)C2)C1. The van der Waals surface area contributed by atoms with E-state index in [0.29, 0.717) is 12.6 Å². The molecule has 2 saturated heterocycles. The Kier molecular flexibility index (Phi) is 3.42. The highest BCUT2D eigenvalue weighted by Crippen LogP contribution is 2.29. The van der Waals surface area contributed by atoms with Gasteiger partial charge >= 0.3 is 0 Å². The fourth-order valence-corrected chi connectivity index (χ4v) is 2.94. The molecule has 0 aliphatic carbocycles. The van der Waals surface area contributed by atoms with Gasteiger partial charge in [0, 0.05) is 12.6 Å². The van der Waals surface area contributed by atoms with E-state index in [1.165, 1.54) is 32.4 Å². The van der Waals surface area contributed by atoms with Crippen molar-refractivity contribution in [2.24, 2.45) is 11.8 Å². The molecule has 0 bridgehead atoms. The number of nitrogens with zero attached hydrogens (tertiary/aromatic N) is 1. The summed E-state index contributed by atoms with van der Waals surface area (Å²) < 4.78 is 0. The molecular formula is C11H22N2O. The third-order valence-corrected chi connectivity index (χ3v) is 3.80. The van der Waals surface area contributed by atoms with Crippen LogP contribution in [-0.2, 0) is 0 Å². The van der Waals surface area contributed by atoms with Crippen LogP contribution in [0, 0.1) is 11.8 Å². The number of nitrogens with one attached hydrogen (secondary N) is 1. The number of piperidine rings is 1. The molecule has 3 atom stereocenters. The second-order valence-electron chi connectivity index (χ2n) is 4.95. The molecule has 3 nitrogen and oxygen atoms in total. The maximum atomic E-state index is 9.06. The first-order valence-corrected chi connectivity index (χ1v) is 5.82. The number of aliphatic hydroxyl groups is 1. The summed E-state index contributed by atoms with van der Waals surface area (Å²) >= 11 is 0. The normalized spacial score (nSPS) is 40.3. The molecule has 0 aromatic rings. The van der Waals surface area contributed by atoms with Crippen LogP contribution in [-0.4, -0.2) is 49.3 Å². The maximum absolute atomic E-state index is 9.06. The van der Waals surface area contributed by atoms with E-state index in [1.54, 1.807) is 0 Å². The summed E-state index contributed by atoms with van der Waals surface area (Å²) in [6, 6.07) is 0.368. The number of rotatable bonds is 2. The summed E-state index contributed by atoms with van der Waals surface area (Å²) in [7, 11) is 2.22. The van der Waals surface area contributed by atoms with Crippen LogP contribution in [0.5, 0.6) is 0 Å². The molecule has 2 aliphatic rings. The first-order chi connectivity index (χ1) is 6.79. The molecule has 14 heavy (non-hydrogen) atoms. The van der Waals surface area contributed by atoms with Crippen LogP contribution in [0.15, 0.2) is 0 Å². The van der Waals surface area contributed by atoms with E-state index in [0.717, 1.165) is 18.4 Å². The Morgan fingerprint density at radius 3 is 2.93 bits per heavy atom. The Bertz CT molecular complexity index is 186. The average Bonchev–Trinajstić information content (AvgIpc) is 2.66. The Morgan fingerprint density at radius 2 is 2.29 bits per heavy atom. The highest BCUT2D eigenvalue weighted by molar-refractivity contribution is 4.87. The van der Waals surface area contributed by atoms with Crippen molar-refractivity contribution >= 4 is 0 Å². The number of hydrogen-bond acceptors (Lipinski definition) is 3. The molecule has 0 saturated carbocycles. The van der Waals surface area contributed by atoms with Gasteiger partial charge in [0.05, 0.1) is 6.61 Å². The second-order valence-corrected chi connectivity index (χ2v) is 4.95. The monoisotopic (exact) mass is 198 g/mol. The van der Waals surface area contributed by atoms with Crippen molar-refractivity contribution in [3.8, 4) is 0 Å². The maximum Gasteiger partial charge on any atom is 0.0584 e. The topological polar surface area (TPSA) is 35.5 Å². The van der Waals surface area contributed by atoms with Gasteiger partial charge in [0.15, 0.2) is 0 Å². The second kappa shape index (κ2) is 4.60. The molecule has 2 heterocycles. The van der Waals surface area contributed by atoms with Crippen molar-refractivity contribution in [3.05, 3.63) is 0 Å². The first-order valence-electron chi connectivity index (χ1n) is 5.82. The lowest BCUT2D eigenvalue weighted by Gasteiger charge is -2.33.